The molecule has 6 nitrogen and oxygen atoms in total. The molecule has 0 heterocycles. The molecule has 1 amide bonds. The zero-order valence-electron chi connectivity index (χ0n) is 19.0. The summed E-state index contributed by atoms with van der Waals surface area (Å²) in [5, 5.41) is 0. The second-order valence-electron chi connectivity index (χ2n) is 7.97. The second-order valence-corrected chi connectivity index (χ2v) is 7.97. The zero-order chi connectivity index (χ0) is 22.3. The van der Waals surface area contributed by atoms with Crippen LogP contribution in [0.15, 0.2) is 35.7 Å². The van der Waals surface area contributed by atoms with E-state index in [2.05, 4.69) is 13.8 Å². The number of hydrogen-bond donors (Lipinski definition) is 0. The number of Topliss-reactive ketones (excluding diaryl/α,β-unsaturated/α-hetero) is 2. The Bertz CT molecular complexity index is 806. The largest absolute Gasteiger partial charge is 0.367 e. The molecular weight excluding hydrogens is 378 g/mol. The van der Waals surface area contributed by atoms with Crippen LogP contribution in [0.5, 0.6) is 0 Å². The van der Waals surface area contributed by atoms with E-state index in [0.29, 0.717) is 36.5 Å². The van der Waals surface area contributed by atoms with Crippen LogP contribution in [0.4, 0.5) is 0 Å². The molecule has 30 heavy (non-hydrogen) atoms. The van der Waals surface area contributed by atoms with Gasteiger partial charge in [0.25, 0.3) is 0 Å². The second kappa shape index (κ2) is 11.1. The number of benzene rings is 1. The van der Waals surface area contributed by atoms with E-state index < -0.39 is 0 Å². The molecule has 1 aromatic carbocycles. The molecule has 0 atom stereocenters. The van der Waals surface area contributed by atoms with Crippen LogP contribution in [-0.2, 0) is 4.79 Å². The predicted octanol–water partition coefficient (Wildman–Crippen LogP) is 3.59. The first kappa shape index (κ1) is 23.8. The van der Waals surface area contributed by atoms with Crippen LogP contribution in [0.3, 0.4) is 0 Å². The summed E-state index contributed by atoms with van der Waals surface area (Å²) < 4.78 is 0. The van der Waals surface area contributed by atoms with Gasteiger partial charge in [0.1, 0.15) is 11.4 Å². The Morgan fingerprint density at radius 2 is 1.33 bits per heavy atom. The van der Waals surface area contributed by atoms with Crippen molar-refractivity contribution in [2.45, 2.75) is 46.5 Å². The Hall–Kier alpha value is -2.47. The maximum absolute atomic E-state index is 13.6. The number of ketones is 2. The van der Waals surface area contributed by atoms with Gasteiger partial charge < -0.3 is 14.7 Å². The number of unbranched alkanes of at least 4 members (excludes halogenated alkanes) is 2. The van der Waals surface area contributed by atoms with Crippen molar-refractivity contribution < 1.29 is 14.4 Å². The highest BCUT2D eigenvalue weighted by atomic mass is 16.2. The zero-order valence-corrected chi connectivity index (χ0v) is 19.0. The van der Waals surface area contributed by atoms with Crippen LogP contribution in [0.1, 0.15) is 67.2 Å². The molecule has 1 aromatic rings. The Morgan fingerprint density at radius 3 is 1.77 bits per heavy atom. The first-order valence-electron chi connectivity index (χ1n) is 11.0. The van der Waals surface area contributed by atoms with E-state index in [1.165, 1.54) is 4.90 Å². The Balaban J connectivity index is 2.66. The average Bonchev–Trinajstić information content (AvgIpc) is 2.72. The molecule has 0 N–H and O–H groups in total. The number of likely N-dealkylation sites (N-methyl/N-ethyl adjacent to an activating group) is 2. The first-order chi connectivity index (χ1) is 14.4. The topological polar surface area (TPSA) is 60.9 Å². The highest BCUT2D eigenvalue weighted by Crippen LogP contribution is 2.31. The van der Waals surface area contributed by atoms with Gasteiger partial charge in [0.05, 0.1) is 6.54 Å². The van der Waals surface area contributed by atoms with Crippen LogP contribution in [0.25, 0.3) is 0 Å². The molecule has 0 unspecified atom stereocenters. The summed E-state index contributed by atoms with van der Waals surface area (Å²) in [5.41, 5.74) is 1.42. The van der Waals surface area contributed by atoms with Crippen molar-refractivity contribution >= 4 is 17.5 Å². The molecule has 2 rings (SSSR count). The van der Waals surface area contributed by atoms with Crippen LogP contribution < -0.4 is 0 Å². The summed E-state index contributed by atoms with van der Waals surface area (Å²) in [4.78, 5) is 45.5. The van der Waals surface area contributed by atoms with Gasteiger partial charge in [-0.05, 0) is 33.9 Å². The molecule has 0 radical (unpaired) electrons. The van der Waals surface area contributed by atoms with E-state index in [1.54, 1.807) is 29.2 Å². The van der Waals surface area contributed by atoms with E-state index in [4.69, 9.17) is 0 Å². The van der Waals surface area contributed by atoms with Crippen molar-refractivity contribution in [2.24, 2.45) is 0 Å². The van der Waals surface area contributed by atoms with Crippen molar-refractivity contribution in [3.05, 3.63) is 46.8 Å². The van der Waals surface area contributed by atoms with E-state index in [-0.39, 0.29) is 29.7 Å². The summed E-state index contributed by atoms with van der Waals surface area (Å²) in [5.74, 6) is -0.586. The fraction of sp³-hybridized carbons (Fsp3) is 0.542. The molecule has 0 aliphatic heterocycles. The first-order valence-corrected chi connectivity index (χ1v) is 11.0. The molecule has 1 aliphatic carbocycles. The molecule has 6 heteroatoms. The van der Waals surface area contributed by atoms with Crippen molar-refractivity contribution in [3.8, 4) is 0 Å². The van der Waals surface area contributed by atoms with Crippen molar-refractivity contribution in [3.63, 3.8) is 0 Å². The number of carbonyl (C=O) groups excluding carboxylic acids is 3. The van der Waals surface area contributed by atoms with E-state index in [0.717, 1.165) is 25.7 Å². The van der Waals surface area contributed by atoms with Crippen LogP contribution in [0, 0.1) is 0 Å². The van der Waals surface area contributed by atoms with Gasteiger partial charge in [-0.2, -0.15) is 0 Å². The van der Waals surface area contributed by atoms with Gasteiger partial charge in [-0.1, -0.05) is 51.0 Å². The molecule has 0 saturated carbocycles. The van der Waals surface area contributed by atoms with Crippen molar-refractivity contribution in [1.29, 1.82) is 0 Å². The molecule has 164 valence electrons. The highest BCUT2D eigenvalue weighted by Gasteiger charge is 2.38. The summed E-state index contributed by atoms with van der Waals surface area (Å²) >= 11 is 0. The van der Waals surface area contributed by atoms with E-state index >= 15 is 0 Å². The maximum atomic E-state index is 13.6. The summed E-state index contributed by atoms with van der Waals surface area (Å²) in [7, 11) is 3.64. The lowest BCUT2D eigenvalue weighted by Crippen LogP contribution is -2.45. The van der Waals surface area contributed by atoms with Crippen LogP contribution in [0.2, 0.25) is 0 Å². The number of nitrogens with zero attached hydrogens (tertiary/aromatic N) is 3. The van der Waals surface area contributed by atoms with Gasteiger partial charge in [-0.3, -0.25) is 14.4 Å². The maximum Gasteiger partial charge on any atom is 0.241 e. The highest BCUT2D eigenvalue weighted by molar-refractivity contribution is 6.27. The third-order valence-corrected chi connectivity index (χ3v) is 5.29. The lowest BCUT2D eigenvalue weighted by molar-refractivity contribution is -0.129. The summed E-state index contributed by atoms with van der Waals surface area (Å²) in [6.45, 7) is 7.95. The van der Waals surface area contributed by atoms with Crippen LogP contribution >= 0.6 is 0 Å². The quantitative estimate of drug-likeness (QED) is 0.555. The minimum absolute atomic E-state index is 0.163. The van der Waals surface area contributed by atoms with Gasteiger partial charge in [0, 0.05) is 30.8 Å². The van der Waals surface area contributed by atoms with Crippen molar-refractivity contribution in [1.82, 2.24) is 14.7 Å². The summed E-state index contributed by atoms with van der Waals surface area (Å²) in [6, 6.07) is 6.93. The number of fused-ring (bicyclic) bond motifs is 1. The normalized spacial score (nSPS) is 13.7. The lowest BCUT2D eigenvalue weighted by Gasteiger charge is -2.35. The molecule has 1 aliphatic rings. The minimum atomic E-state index is -0.243. The molecule has 0 aromatic heterocycles. The van der Waals surface area contributed by atoms with Gasteiger partial charge in [-0.25, -0.2) is 0 Å². The monoisotopic (exact) mass is 413 g/mol. The number of carbonyl (C=O) groups is 3. The average molecular weight is 414 g/mol. The third-order valence-electron chi connectivity index (χ3n) is 5.29. The van der Waals surface area contributed by atoms with Gasteiger partial charge in [-0.15, -0.1) is 0 Å². The Labute approximate surface area is 180 Å². The Morgan fingerprint density at radius 1 is 0.833 bits per heavy atom. The Kier molecular flexibility index (Phi) is 8.78. The minimum Gasteiger partial charge on any atom is -0.367 e. The van der Waals surface area contributed by atoms with Crippen LogP contribution in [-0.4, -0.2) is 72.4 Å². The van der Waals surface area contributed by atoms with Gasteiger partial charge in [0.15, 0.2) is 0 Å². The summed E-state index contributed by atoms with van der Waals surface area (Å²) in [6.07, 6.45) is 3.81. The van der Waals surface area contributed by atoms with E-state index in [1.807, 2.05) is 25.9 Å². The molecule has 0 bridgehead atoms. The van der Waals surface area contributed by atoms with Crippen molar-refractivity contribution in [2.75, 3.05) is 40.3 Å². The molecule has 0 fully saturated rings. The molecular formula is C24H35N3O3. The number of rotatable bonds is 11. The van der Waals surface area contributed by atoms with E-state index in [9.17, 15) is 14.4 Å². The van der Waals surface area contributed by atoms with Gasteiger partial charge in [0.2, 0.25) is 17.5 Å². The fourth-order valence-corrected chi connectivity index (χ4v) is 3.74. The number of amides is 1. The molecule has 0 saturated heterocycles. The smallest absolute Gasteiger partial charge is 0.241 e. The standard InChI is InChI=1S/C24H35N3O3/c1-6-9-15-26(16-10-7-2)21-22(27(8-3)20(28)17-25(4)5)24(30)19-14-12-11-13-18(19)23(21)29/h11-14H,6-10,15-17H2,1-5H3. The lowest BCUT2D eigenvalue weighted by atomic mass is 9.88. The third kappa shape index (κ3) is 5.17. The predicted molar refractivity (Wildman–Crippen MR) is 119 cm³/mol. The SMILES string of the molecule is CCCCN(CCCC)C1=C(N(CC)C(=O)CN(C)C)C(=O)c2ccccc2C1=O. The fourth-order valence-electron chi connectivity index (χ4n) is 3.74. The molecule has 0 spiro atoms. The van der Waals surface area contributed by atoms with Gasteiger partial charge >= 0.3 is 0 Å². The number of allylic oxidation sites excluding steroid dienone is 2. The number of hydrogen-bond acceptors (Lipinski definition) is 5.